The minimum Gasteiger partial charge on any atom is -0.497 e. The van der Waals surface area contributed by atoms with Gasteiger partial charge < -0.3 is 24.1 Å². The Hall–Kier alpha value is -2.73. The summed E-state index contributed by atoms with van der Waals surface area (Å²) in [5.41, 5.74) is 0.973. The summed E-state index contributed by atoms with van der Waals surface area (Å²) in [6, 6.07) is 8.37. The van der Waals surface area contributed by atoms with Crippen LogP contribution in [-0.4, -0.2) is 32.4 Å². The summed E-state index contributed by atoms with van der Waals surface area (Å²) >= 11 is 0. The van der Waals surface area contributed by atoms with Gasteiger partial charge in [-0.3, -0.25) is 0 Å². The van der Waals surface area contributed by atoms with Crippen molar-refractivity contribution in [1.82, 2.24) is 0 Å². The maximum absolute atomic E-state index is 12.2. The van der Waals surface area contributed by atoms with E-state index in [1.807, 2.05) is 0 Å². The van der Waals surface area contributed by atoms with E-state index in [0.29, 0.717) is 34.1 Å². The lowest BCUT2D eigenvalue weighted by molar-refractivity contribution is 0.0589. The summed E-state index contributed by atoms with van der Waals surface area (Å²) in [4.78, 5) is 12.2. The quantitative estimate of drug-likeness (QED) is 0.878. The second-order valence-electron chi connectivity index (χ2n) is 4.95. The van der Waals surface area contributed by atoms with E-state index in [4.69, 9.17) is 18.9 Å². The third-order valence-corrected chi connectivity index (χ3v) is 3.78. The summed E-state index contributed by atoms with van der Waals surface area (Å²) in [5.74, 6) is 1.18. The van der Waals surface area contributed by atoms with E-state index in [1.54, 1.807) is 30.3 Å². The van der Waals surface area contributed by atoms with Crippen LogP contribution in [-0.2, 0) is 4.74 Å². The average molecular weight is 316 g/mol. The number of aliphatic hydroxyl groups excluding tert-OH is 1. The molecule has 23 heavy (non-hydrogen) atoms. The van der Waals surface area contributed by atoms with Crippen LogP contribution in [0.4, 0.5) is 0 Å². The SMILES string of the molecule is COC(=O)c1c(OC)ccc2c1C(O)c1cc(OC)ccc1O2. The standard InChI is InChI=1S/C17H16O6/c1-20-9-4-5-11-10(8-9)16(18)14-13(23-11)7-6-12(21-2)15(14)17(19)22-3/h4-8,16,18H,1-3H3. The highest BCUT2D eigenvalue weighted by Gasteiger charge is 2.33. The summed E-state index contributed by atoms with van der Waals surface area (Å²) < 4.78 is 21.0. The molecule has 1 aliphatic heterocycles. The van der Waals surface area contributed by atoms with Gasteiger partial charge >= 0.3 is 5.97 Å². The number of esters is 1. The van der Waals surface area contributed by atoms with Crippen LogP contribution < -0.4 is 14.2 Å². The highest BCUT2D eigenvalue weighted by Crippen LogP contribution is 2.47. The number of carbonyl (C=O) groups is 1. The number of hydrogen-bond donors (Lipinski definition) is 1. The maximum atomic E-state index is 12.2. The molecule has 0 fully saturated rings. The topological polar surface area (TPSA) is 74.2 Å². The number of hydrogen-bond acceptors (Lipinski definition) is 6. The van der Waals surface area contributed by atoms with E-state index in [0.717, 1.165) is 0 Å². The molecule has 1 atom stereocenters. The molecule has 0 saturated carbocycles. The van der Waals surface area contributed by atoms with Crippen LogP contribution in [0.15, 0.2) is 30.3 Å². The summed E-state index contributed by atoms with van der Waals surface area (Å²) in [5, 5.41) is 10.8. The first kappa shape index (κ1) is 15.2. The Morgan fingerprint density at radius 1 is 1.09 bits per heavy atom. The van der Waals surface area contributed by atoms with Crippen molar-refractivity contribution < 1.29 is 28.8 Å². The Kier molecular flexibility index (Phi) is 3.83. The van der Waals surface area contributed by atoms with Gasteiger partial charge in [-0.25, -0.2) is 4.79 Å². The number of methoxy groups -OCH3 is 3. The van der Waals surface area contributed by atoms with Crippen LogP contribution in [0.2, 0.25) is 0 Å². The van der Waals surface area contributed by atoms with Crippen LogP contribution >= 0.6 is 0 Å². The van der Waals surface area contributed by atoms with Gasteiger partial charge in [-0.05, 0) is 30.3 Å². The Bertz CT molecular complexity index is 768. The number of rotatable bonds is 3. The fourth-order valence-electron chi connectivity index (χ4n) is 2.66. The van der Waals surface area contributed by atoms with Crippen LogP contribution in [0, 0.1) is 0 Å². The lowest BCUT2D eigenvalue weighted by Crippen LogP contribution is -2.17. The zero-order chi connectivity index (χ0) is 16.6. The Morgan fingerprint density at radius 2 is 1.83 bits per heavy atom. The molecule has 1 aliphatic rings. The number of ether oxygens (including phenoxy) is 4. The van der Waals surface area contributed by atoms with Gasteiger partial charge in [0.15, 0.2) is 0 Å². The second kappa shape index (κ2) is 5.81. The molecule has 0 spiro atoms. The van der Waals surface area contributed by atoms with Gasteiger partial charge in [0.25, 0.3) is 0 Å². The van der Waals surface area contributed by atoms with Gasteiger partial charge in [-0.15, -0.1) is 0 Å². The van der Waals surface area contributed by atoms with E-state index in [9.17, 15) is 9.90 Å². The van der Waals surface area contributed by atoms with Gasteiger partial charge in [-0.2, -0.15) is 0 Å². The molecule has 0 saturated heterocycles. The molecule has 3 rings (SSSR count). The molecule has 0 bridgehead atoms. The van der Waals surface area contributed by atoms with Crippen molar-refractivity contribution >= 4 is 5.97 Å². The molecular formula is C17H16O6. The Labute approximate surface area is 133 Å². The van der Waals surface area contributed by atoms with Gasteiger partial charge in [0, 0.05) is 11.1 Å². The summed E-state index contributed by atoms with van der Waals surface area (Å²) in [6.45, 7) is 0. The molecule has 120 valence electrons. The van der Waals surface area contributed by atoms with Crippen molar-refractivity contribution in [2.45, 2.75) is 6.10 Å². The second-order valence-corrected chi connectivity index (χ2v) is 4.95. The van der Waals surface area contributed by atoms with Gasteiger partial charge in [0.1, 0.15) is 34.7 Å². The molecule has 0 aromatic heterocycles. The fourth-order valence-corrected chi connectivity index (χ4v) is 2.66. The largest absolute Gasteiger partial charge is 0.497 e. The predicted molar refractivity (Wildman–Crippen MR) is 81.5 cm³/mol. The smallest absolute Gasteiger partial charge is 0.342 e. The number of aliphatic hydroxyl groups is 1. The number of benzene rings is 2. The predicted octanol–water partition coefficient (Wildman–Crippen LogP) is 2.68. The molecule has 1 heterocycles. The van der Waals surface area contributed by atoms with Crippen molar-refractivity contribution in [2.24, 2.45) is 0 Å². The van der Waals surface area contributed by atoms with Crippen LogP contribution in [0.25, 0.3) is 0 Å². The highest BCUT2D eigenvalue weighted by atomic mass is 16.5. The van der Waals surface area contributed by atoms with E-state index >= 15 is 0 Å². The van der Waals surface area contributed by atoms with E-state index in [1.165, 1.54) is 21.3 Å². The molecule has 1 unspecified atom stereocenters. The maximum Gasteiger partial charge on any atom is 0.342 e. The molecule has 2 aromatic carbocycles. The van der Waals surface area contributed by atoms with Gasteiger partial charge in [0.2, 0.25) is 0 Å². The zero-order valence-corrected chi connectivity index (χ0v) is 13.0. The minimum atomic E-state index is -1.06. The van der Waals surface area contributed by atoms with Crippen LogP contribution in [0.5, 0.6) is 23.0 Å². The molecule has 2 aromatic rings. The van der Waals surface area contributed by atoms with Gasteiger partial charge in [0.05, 0.1) is 21.3 Å². The highest BCUT2D eigenvalue weighted by molar-refractivity contribution is 5.95. The van der Waals surface area contributed by atoms with E-state index in [2.05, 4.69) is 0 Å². The zero-order valence-electron chi connectivity index (χ0n) is 13.0. The Morgan fingerprint density at radius 3 is 2.48 bits per heavy atom. The molecular weight excluding hydrogens is 300 g/mol. The van der Waals surface area contributed by atoms with E-state index < -0.39 is 12.1 Å². The lowest BCUT2D eigenvalue weighted by Gasteiger charge is -2.27. The third kappa shape index (κ3) is 2.37. The monoisotopic (exact) mass is 316 g/mol. The first-order valence-corrected chi connectivity index (χ1v) is 6.93. The molecule has 6 heteroatoms. The van der Waals surface area contributed by atoms with Gasteiger partial charge in [-0.1, -0.05) is 0 Å². The fraction of sp³-hybridized carbons (Fsp3) is 0.235. The first-order valence-electron chi connectivity index (χ1n) is 6.93. The molecule has 0 aliphatic carbocycles. The molecule has 0 radical (unpaired) electrons. The van der Waals surface area contributed by atoms with Crippen molar-refractivity contribution in [1.29, 1.82) is 0 Å². The first-order chi connectivity index (χ1) is 11.1. The van der Waals surface area contributed by atoms with Crippen LogP contribution in [0.3, 0.4) is 0 Å². The number of fused-ring (bicyclic) bond motifs is 2. The lowest BCUT2D eigenvalue weighted by atomic mass is 9.92. The Balaban J connectivity index is 2.21. The van der Waals surface area contributed by atoms with E-state index in [-0.39, 0.29) is 5.56 Å². The molecule has 1 N–H and O–H groups in total. The number of carbonyl (C=O) groups excluding carboxylic acids is 1. The van der Waals surface area contributed by atoms with Crippen molar-refractivity contribution in [3.05, 3.63) is 47.0 Å². The van der Waals surface area contributed by atoms with Crippen LogP contribution in [0.1, 0.15) is 27.6 Å². The third-order valence-electron chi connectivity index (χ3n) is 3.78. The molecule has 0 amide bonds. The minimum absolute atomic E-state index is 0.147. The van der Waals surface area contributed by atoms with Crippen molar-refractivity contribution in [3.8, 4) is 23.0 Å². The van der Waals surface area contributed by atoms with Crippen molar-refractivity contribution in [3.63, 3.8) is 0 Å². The molecule has 6 nitrogen and oxygen atoms in total. The summed E-state index contributed by atoms with van der Waals surface area (Å²) in [7, 11) is 4.25. The normalized spacial score (nSPS) is 15.0. The van der Waals surface area contributed by atoms with Crippen molar-refractivity contribution in [2.75, 3.05) is 21.3 Å². The average Bonchev–Trinajstić information content (AvgIpc) is 2.60. The summed E-state index contributed by atoms with van der Waals surface area (Å²) in [6.07, 6.45) is -1.06.